The van der Waals surface area contributed by atoms with Crippen LogP contribution < -0.4 is 5.32 Å². The summed E-state index contributed by atoms with van der Waals surface area (Å²) in [7, 11) is 0. The minimum Gasteiger partial charge on any atom is -0.378 e. The summed E-state index contributed by atoms with van der Waals surface area (Å²) >= 11 is 0. The second-order valence-electron chi connectivity index (χ2n) is 4.69. The maximum atomic E-state index is 5.66. The topological polar surface area (TPSA) is 21.3 Å². The van der Waals surface area contributed by atoms with E-state index in [1.165, 1.54) is 32.1 Å². The van der Waals surface area contributed by atoms with Crippen molar-refractivity contribution >= 4 is 0 Å². The molecule has 0 aliphatic carbocycles. The molecule has 2 heteroatoms. The smallest absolute Gasteiger partial charge is 0.0590 e. The van der Waals surface area contributed by atoms with Crippen LogP contribution in [0.25, 0.3) is 0 Å². The Morgan fingerprint density at radius 2 is 2.13 bits per heavy atom. The van der Waals surface area contributed by atoms with Gasteiger partial charge in [-0.05, 0) is 26.3 Å². The molecule has 0 aromatic heterocycles. The Morgan fingerprint density at radius 1 is 1.33 bits per heavy atom. The van der Waals surface area contributed by atoms with E-state index in [4.69, 9.17) is 4.74 Å². The first-order valence-corrected chi connectivity index (χ1v) is 6.64. The molecule has 1 fully saturated rings. The number of nitrogens with one attached hydrogen (secondary N) is 1. The maximum Gasteiger partial charge on any atom is 0.0590 e. The standard InChI is InChI=1S/C13H27NO/c1-4-6-7-8-13(14-5-2)12-9-10-15-11(12)3/h11-14H,4-10H2,1-3H3. The summed E-state index contributed by atoms with van der Waals surface area (Å²) in [5, 5.41) is 3.63. The van der Waals surface area contributed by atoms with Crippen LogP contribution in [0.5, 0.6) is 0 Å². The van der Waals surface area contributed by atoms with Gasteiger partial charge in [-0.2, -0.15) is 0 Å². The van der Waals surface area contributed by atoms with Crippen molar-refractivity contribution in [3.05, 3.63) is 0 Å². The lowest BCUT2D eigenvalue weighted by Crippen LogP contribution is -2.39. The molecule has 90 valence electrons. The molecule has 0 amide bonds. The lowest BCUT2D eigenvalue weighted by Gasteiger charge is -2.26. The third-order valence-corrected chi connectivity index (χ3v) is 3.54. The summed E-state index contributed by atoms with van der Waals surface area (Å²) in [6.45, 7) is 8.74. The van der Waals surface area contributed by atoms with Crippen molar-refractivity contribution in [3.8, 4) is 0 Å². The highest BCUT2D eigenvalue weighted by Gasteiger charge is 2.30. The molecule has 3 atom stereocenters. The van der Waals surface area contributed by atoms with Crippen LogP contribution in [0.1, 0.15) is 52.9 Å². The fourth-order valence-electron chi connectivity index (χ4n) is 2.62. The van der Waals surface area contributed by atoms with Crippen molar-refractivity contribution in [1.82, 2.24) is 5.32 Å². The zero-order valence-electron chi connectivity index (χ0n) is 10.6. The van der Waals surface area contributed by atoms with Crippen LogP contribution in [0.15, 0.2) is 0 Å². The minimum atomic E-state index is 0.454. The molecular weight excluding hydrogens is 186 g/mol. The normalized spacial score (nSPS) is 28.2. The molecule has 1 heterocycles. The molecule has 1 rings (SSSR count). The zero-order valence-corrected chi connectivity index (χ0v) is 10.6. The van der Waals surface area contributed by atoms with E-state index in [2.05, 4.69) is 26.1 Å². The lowest BCUT2D eigenvalue weighted by atomic mass is 9.89. The van der Waals surface area contributed by atoms with Gasteiger partial charge in [0, 0.05) is 18.6 Å². The van der Waals surface area contributed by atoms with Gasteiger partial charge >= 0.3 is 0 Å². The highest BCUT2D eigenvalue weighted by atomic mass is 16.5. The van der Waals surface area contributed by atoms with E-state index in [0.717, 1.165) is 19.1 Å². The van der Waals surface area contributed by atoms with E-state index in [0.29, 0.717) is 12.1 Å². The van der Waals surface area contributed by atoms with Crippen LogP contribution in [0.2, 0.25) is 0 Å². The average molecular weight is 213 g/mol. The van der Waals surface area contributed by atoms with Crippen molar-refractivity contribution in [2.75, 3.05) is 13.2 Å². The average Bonchev–Trinajstić information content (AvgIpc) is 2.64. The number of ether oxygens (including phenoxy) is 1. The molecule has 1 N–H and O–H groups in total. The Kier molecular flexibility index (Phi) is 6.26. The van der Waals surface area contributed by atoms with Gasteiger partial charge in [0.1, 0.15) is 0 Å². The highest BCUT2D eigenvalue weighted by Crippen LogP contribution is 2.26. The molecule has 0 saturated carbocycles. The number of rotatable bonds is 7. The molecule has 0 aromatic rings. The molecule has 2 nitrogen and oxygen atoms in total. The lowest BCUT2D eigenvalue weighted by molar-refractivity contribution is 0.0941. The fraction of sp³-hybridized carbons (Fsp3) is 1.00. The van der Waals surface area contributed by atoms with Crippen LogP contribution in [0.3, 0.4) is 0 Å². The van der Waals surface area contributed by atoms with Gasteiger partial charge in [0.2, 0.25) is 0 Å². The van der Waals surface area contributed by atoms with Crippen molar-refractivity contribution in [1.29, 1.82) is 0 Å². The Labute approximate surface area is 94.8 Å². The Morgan fingerprint density at radius 3 is 2.67 bits per heavy atom. The summed E-state index contributed by atoms with van der Waals surface area (Å²) in [5.41, 5.74) is 0. The molecule has 3 unspecified atom stereocenters. The monoisotopic (exact) mass is 213 g/mol. The molecule has 0 radical (unpaired) electrons. The molecule has 1 aliphatic heterocycles. The van der Waals surface area contributed by atoms with E-state index in [1.54, 1.807) is 0 Å². The van der Waals surface area contributed by atoms with E-state index < -0.39 is 0 Å². The van der Waals surface area contributed by atoms with E-state index in [-0.39, 0.29) is 0 Å². The van der Waals surface area contributed by atoms with E-state index in [9.17, 15) is 0 Å². The molecule has 15 heavy (non-hydrogen) atoms. The fourth-order valence-corrected chi connectivity index (χ4v) is 2.62. The first-order chi connectivity index (χ1) is 7.29. The van der Waals surface area contributed by atoms with Crippen molar-refractivity contribution < 1.29 is 4.74 Å². The van der Waals surface area contributed by atoms with Crippen LogP contribution in [-0.4, -0.2) is 25.3 Å². The van der Waals surface area contributed by atoms with Gasteiger partial charge in [0.25, 0.3) is 0 Å². The summed E-state index contributed by atoms with van der Waals surface area (Å²) in [6.07, 6.45) is 7.05. The van der Waals surface area contributed by atoms with Crippen molar-refractivity contribution in [2.45, 2.75) is 65.0 Å². The summed E-state index contributed by atoms with van der Waals surface area (Å²) in [5.74, 6) is 0.738. The van der Waals surface area contributed by atoms with Crippen molar-refractivity contribution in [2.24, 2.45) is 5.92 Å². The van der Waals surface area contributed by atoms with Gasteiger partial charge in [-0.3, -0.25) is 0 Å². The second kappa shape index (κ2) is 7.24. The van der Waals surface area contributed by atoms with Gasteiger partial charge in [0.05, 0.1) is 6.10 Å². The molecule has 0 bridgehead atoms. The second-order valence-corrected chi connectivity index (χ2v) is 4.69. The molecule has 1 saturated heterocycles. The third-order valence-electron chi connectivity index (χ3n) is 3.54. The molecular formula is C13H27NO. The number of hydrogen-bond donors (Lipinski definition) is 1. The van der Waals surface area contributed by atoms with E-state index >= 15 is 0 Å². The molecule has 1 aliphatic rings. The van der Waals surface area contributed by atoms with Crippen LogP contribution in [-0.2, 0) is 4.74 Å². The Balaban J connectivity index is 2.34. The first kappa shape index (κ1) is 13.0. The van der Waals surface area contributed by atoms with Crippen LogP contribution >= 0.6 is 0 Å². The van der Waals surface area contributed by atoms with E-state index in [1.807, 2.05) is 0 Å². The molecule has 0 spiro atoms. The maximum absolute atomic E-state index is 5.66. The molecule has 0 aromatic carbocycles. The predicted octanol–water partition coefficient (Wildman–Crippen LogP) is 2.97. The summed E-state index contributed by atoms with van der Waals surface area (Å²) < 4.78 is 5.66. The Bertz CT molecular complexity index is 161. The van der Waals surface area contributed by atoms with Gasteiger partial charge in [-0.25, -0.2) is 0 Å². The quantitative estimate of drug-likeness (QED) is 0.656. The number of hydrogen-bond acceptors (Lipinski definition) is 2. The van der Waals surface area contributed by atoms with Gasteiger partial charge < -0.3 is 10.1 Å². The summed E-state index contributed by atoms with van der Waals surface area (Å²) in [4.78, 5) is 0. The summed E-state index contributed by atoms with van der Waals surface area (Å²) in [6, 6.07) is 0.680. The highest BCUT2D eigenvalue weighted by molar-refractivity contribution is 4.84. The van der Waals surface area contributed by atoms with Crippen LogP contribution in [0.4, 0.5) is 0 Å². The first-order valence-electron chi connectivity index (χ1n) is 6.64. The largest absolute Gasteiger partial charge is 0.378 e. The van der Waals surface area contributed by atoms with Crippen LogP contribution in [0, 0.1) is 5.92 Å². The third kappa shape index (κ3) is 4.12. The van der Waals surface area contributed by atoms with Gasteiger partial charge in [-0.15, -0.1) is 0 Å². The predicted molar refractivity (Wildman–Crippen MR) is 65.1 cm³/mol. The number of unbranched alkanes of at least 4 members (excludes halogenated alkanes) is 2. The SMILES string of the molecule is CCCCCC(NCC)C1CCOC1C. The minimum absolute atomic E-state index is 0.454. The Hall–Kier alpha value is -0.0800. The zero-order chi connectivity index (χ0) is 11.1. The van der Waals surface area contributed by atoms with Crippen molar-refractivity contribution in [3.63, 3.8) is 0 Å². The van der Waals surface area contributed by atoms with Gasteiger partial charge in [-0.1, -0.05) is 33.1 Å². The van der Waals surface area contributed by atoms with Gasteiger partial charge in [0.15, 0.2) is 0 Å².